The number of fused-ring (bicyclic) bond motifs is 1. The van der Waals surface area contributed by atoms with Gasteiger partial charge >= 0.3 is 0 Å². The number of hydrogen-bond donors (Lipinski definition) is 2. The number of nitrogen functional groups attached to an aromatic ring is 1. The van der Waals surface area contributed by atoms with Crippen molar-refractivity contribution in [1.82, 2.24) is 4.98 Å². The van der Waals surface area contributed by atoms with Crippen molar-refractivity contribution in [3.63, 3.8) is 0 Å². The number of ether oxygens (including phenoxy) is 1. The van der Waals surface area contributed by atoms with Crippen LogP contribution >= 0.6 is 0 Å². The third-order valence-corrected chi connectivity index (χ3v) is 3.78. The molecule has 0 amide bonds. The number of methoxy groups -OCH3 is 1. The Balaban J connectivity index is 0.000000185. The lowest BCUT2D eigenvalue weighted by atomic mass is 10.1. The van der Waals surface area contributed by atoms with Crippen molar-refractivity contribution in [2.24, 2.45) is 0 Å². The van der Waals surface area contributed by atoms with Gasteiger partial charge < -0.3 is 15.5 Å². The first-order valence-electron chi connectivity index (χ1n) is 7.67. The van der Waals surface area contributed by atoms with E-state index < -0.39 is 11.4 Å². The molecule has 24 heavy (non-hydrogen) atoms. The van der Waals surface area contributed by atoms with Crippen LogP contribution in [0, 0.1) is 12.7 Å². The van der Waals surface area contributed by atoms with Crippen molar-refractivity contribution >= 4 is 16.5 Å². The molecule has 5 heteroatoms. The number of nitrogens with one attached hydrogen (secondary N) is 1. The number of aromatic amines is 1. The van der Waals surface area contributed by atoms with Crippen molar-refractivity contribution in [2.75, 3.05) is 12.8 Å². The molecule has 0 saturated heterocycles. The summed E-state index contributed by atoms with van der Waals surface area (Å²) in [6.45, 7) is 3.84. The topological polar surface area (TPSA) is 68.1 Å². The summed E-state index contributed by atoms with van der Waals surface area (Å²) >= 11 is 0. The van der Waals surface area contributed by atoms with Crippen LogP contribution in [0.5, 0.6) is 5.75 Å². The highest BCUT2D eigenvalue weighted by Gasteiger charge is 2.09. The van der Waals surface area contributed by atoms with E-state index >= 15 is 0 Å². The van der Waals surface area contributed by atoms with E-state index in [1.54, 1.807) is 26.2 Å². The summed E-state index contributed by atoms with van der Waals surface area (Å²) in [6.07, 6.45) is 1.07. The molecule has 0 spiro atoms. The third kappa shape index (κ3) is 3.74. The molecule has 0 fully saturated rings. The zero-order valence-corrected chi connectivity index (χ0v) is 14.0. The van der Waals surface area contributed by atoms with Crippen molar-refractivity contribution in [1.29, 1.82) is 0 Å². The molecular formula is C19H21FN2O2. The van der Waals surface area contributed by atoms with Gasteiger partial charge in [0.05, 0.1) is 7.11 Å². The summed E-state index contributed by atoms with van der Waals surface area (Å²) in [6, 6.07) is 12.7. The Morgan fingerprint density at radius 3 is 2.58 bits per heavy atom. The number of anilines is 1. The van der Waals surface area contributed by atoms with Gasteiger partial charge in [-0.2, -0.15) is 0 Å². The Hall–Kier alpha value is -2.82. The Morgan fingerprint density at radius 1 is 1.21 bits per heavy atom. The third-order valence-electron chi connectivity index (χ3n) is 3.78. The molecule has 3 N–H and O–H groups in total. The van der Waals surface area contributed by atoms with Crippen molar-refractivity contribution in [2.45, 2.75) is 20.3 Å². The summed E-state index contributed by atoms with van der Waals surface area (Å²) in [5.41, 5.74) is 6.94. The maximum absolute atomic E-state index is 13.4. The van der Waals surface area contributed by atoms with E-state index in [9.17, 15) is 9.18 Å². The highest BCUT2D eigenvalue weighted by molar-refractivity contribution is 5.94. The molecule has 1 heterocycles. The summed E-state index contributed by atoms with van der Waals surface area (Å²) in [4.78, 5) is 13.8. The van der Waals surface area contributed by atoms with Gasteiger partial charge in [-0.05, 0) is 37.1 Å². The minimum Gasteiger partial charge on any atom is -0.497 e. The van der Waals surface area contributed by atoms with E-state index in [-0.39, 0.29) is 11.1 Å². The van der Waals surface area contributed by atoms with E-state index in [0.29, 0.717) is 11.1 Å². The van der Waals surface area contributed by atoms with E-state index in [0.717, 1.165) is 12.2 Å². The number of hydrogen-bond acceptors (Lipinski definition) is 3. The summed E-state index contributed by atoms with van der Waals surface area (Å²) < 4.78 is 18.4. The second kappa shape index (κ2) is 7.64. The van der Waals surface area contributed by atoms with E-state index in [2.05, 4.69) is 24.0 Å². The molecule has 0 aliphatic carbocycles. The van der Waals surface area contributed by atoms with Crippen LogP contribution in [0.4, 0.5) is 10.1 Å². The van der Waals surface area contributed by atoms with Gasteiger partial charge in [-0.25, -0.2) is 4.39 Å². The normalized spacial score (nSPS) is 10.2. The van der Waals surface area contributed by atoms with Gasteiger partial charge in [0.2, 0.25) is 0 Å². The first-order valence-corrected chi connectivity index (χ1v) is 7.67. The Labute approximate surface area is 140 Å². The molecule has 0 radical (unpaired) electrons. The zero-order chi connectivity index (χ0) is 17.7. The number of rotatable bonds is 2. The Kier molecular flexibility index (Phi) is 5.58. The molecule has 0 aliphatic rings. The van der Waals surface area contributed by atoms with Gasteiger partial charge in [-0.3, -0.25) is 4.79 Å². The zero-order valence-electron chi connectivity index (χ0n) is 14.0. The first-order chi connectivity index (χ1) is 11.5. The maximum atomic E-state index is 13.4. The molecule has 0 bridgehead atoms. The van der Waals surface area contributed by atoms with Crippen LogP contribution in [0.3, 0.4) is 0 Å². The smallest absolute Gasteiger partial charge is 0.272 e. The molecule has 0 atom stereocenters. The number of benzene rings is 2. The predicted molar refractivity (Wildman–Crippen MR) is 96.0 cm³/mol. The summed E-state index contributed by atoms with van der Waals surface area (Å²) in [5.74, 6) is 0.480. The van der Waals surface area contributed by atoms with E-state index in [1.807, 2.05) is 12.1 Å². The van der Waals surface area contributed by atoms with Gasteiger partial charge in [0, 0.05) is 16.5 Å². The van der Waals surface area contributed by atoms with Crippen molar-refractivity contribution < 1.29 is 9.13 Å². The molecule has 3 rings (SSSR count). The fourth-order valence-electron chi connectivity index (χ4n) is 2.42. The number of aromatic nitrogens is 1. The minimum atomic E-state index is -0.464. The summed E-state index contributed by atoms with van der Waals surface area (Å²) in [5, 5.41) is 0.843. The van der Waals surface area contributed by atoms with E-state index in [1.165, 1.54) is 11.6 Å². The van der Waals surface area contributed by atoms with Crippen LogP contribution in [-0.2, 0) is 6.42 Å². The van der Waals surface area contributed by atoms with Crippen LogP contribution < -0.4 is 16.0 Å². The lowest BCUT2D eigenvalue weighted by molar-refractivity contribution is 0.414. The largest absolute Gasteiger partial charge is 0.497 e. The second-order valence-corrected chi connectivity index (χ2v) is 5.36. The van der Waals surface area contributed by atoms with Gasteiger partial charge in [-0.1, -0.05) is 31.2 Å². The van der Waals surface area contributed by atoms with Gasteiger partial charge in [-0.15, -0.1) is 0 Å². The molecule has 0 unspecified atom stereocenters. The van der Waals surface area contributed by atoms with E-state index in [4.69, 9.17) is 10.5 Å². The van der Waals surface area contributed by atoms with Gasteiger partial charge in [0.1, 0.15) is 17.3 Å². The molecule has 4 nitrogen and oxygen atoms in total. The minimum absolute atomic E-state index is 0.0660. The second-order valence-electron chi connectivity index (χ2n) is 5.36. The standard InChI is InChI=1S/C10H9FN2O.C9H12O/c1-5-6-3-2-4-7(11)8(6)9(12)10(14)13-5;1-3-8-5-4-6-9(7-8)10-2/h2-4H,12H2,1H3,(H,13,14);4-7H,3H2,1-2H3. The molecule has 0 saturated carbocycles. The first kappa shape index (κ1) is 17.5. The van der Waals surface area contributed by atoms with Crippen LogP contribution in [-0.4, -0.2) is 12.1 Å². The average molecular weight is 328 g/mol. The monoisotopic (exact) mass is 328 g/mol. The SMILES string of the molecule is CCc1cccc(OC)c1.Cc1[nH]c(=O)c(N)c2c(F)cccc12. The van der Waals surface area contributed by atoms with Gasteiger partial charge in [0.25, 0.3) is 5.56 Å². The molecule has 3 aromatic rings. The average Bonchev–Trinajstić information content (AvgIpc) is 2.60. The molecule has 1 aromatic heterocycles. The lowest BCUT2D eigenvalue weighted by Crippen LogP contribution is -2.14. The number of H-pyrrole nitrogens is 1. The molecule has 126 valence electrons. The number of aryl methyl sites for hydroxylation is 2. The van der Waals surface area contributed by atoms with Crippen molar-refractivity contribution in [3.8, 4) is 5.75 Å². The van der Waals surface area contributed by atoms with Crippen LogP contribution in [0.25, 0.3) is 10.8 Å². The molecular weight excluding hydrogens is 307 g/mol. The predicted octanol–water partition coefficient (Wildman–Crippen LogP) is 3.82. The fraction of sp³-hybridized carbons (Fsp3) is 0.211. The number of halogens is 1. The number of pyridine rings is 1. The Bertz CT molecular complexity index is 884. The highest BCUT2D eigenvalue weighted by atomic mass is 19.1. The molecule has 2 aromatic carbocycles. The lowest BCUT2D eigenvalue weighted by Gasteiger charge is -2.05. The quantitative estimate of drug-likeness (QED) is 0.751. The van der Waals surface area contributed by atoms with Crippen molar-refractivity contribution in [3.05, 3.63) is 69.9 Å². The molecule has 0 aliphatic heterocycles. The Morgan fingerprint density at radius 2 is 1.92 bits per heavy atom. The maximum Gasteiger partial charge on any atom is 0.272 e. The number of nitrogens with two attached hydrogens (primary N) is 1. The van der Waals surface area contributed by atoms with Crippen LogP contribution in [0.15, 0.2) is 47.3 Å². The highest BCUT2D eigenvalue weighted by Crippen LogP contribution is 2.22. The van der Waals surface area contributed by atoms with Gasteiger partial charge in [0.15, 0.2) is 0 Å². The van der Waals surface area contributed by atoms with Crippen LogP contribution in [0.1, 0.15) is 18.2 Å². The van der Waals surface area contributed by atoms with Crippen LogP contribution in [0.2, 0.25) is 0 Å². The fourth-order valence-corrected chi connectivity index (χ4v) is 2.42. The summed E-state index contributed by atoms with van der Waals surface area (Å²) in [7, 11) is 1.69.